The highest BCUT2D eigenvalue weighted by atomic mass is 16.1. The molecular weight excluding hydrogens is 180 g/mol. The van der Waals surface area contributed by atoms with Crippen molar-refractivity contribution >= 4 is 17.0 Å². The Morgan fingerprint density at radius 2 is 2.29 bits per heavy atom. The molecule has 2 heterocycles. The molecule has 2 aromatic rings. The SMILES string of the molecule is CCn1c(=O)ccc2cnc(N)nc21. The van der Waals surface area contributed by atoms with E-state index in [0.717, 1.165) is 5.39 Å². The van der Waals surface area contributed by atoms with E-state index in [4.69, 9.17) is 5.73 Å². The third-order valence-corrected chi connectivity index (χ3v) is 2.06. The van der Waals surface area contributed by atoms with E-state index in [0.29, 0.717) is 12.2 Å². The van der Waals surface area contributed by atoms with Crippen LogP contribution in [0, 0.1) is 0 Å². The van der Waals surface area contributed by atoms with E-state index in [1.54, 1.807) is 16.8 Å². The van der Waals surface area contributed by atoms with Gasteiger partial charge in [-0.2, -0.15) is 4.98 Å². The van der Waals surface area contributed by atoms with E-state index in [9.17, 15) is 4.79 Å². The Morgan fingerprint density at radius 3 is 3.00 bits per heavy atom. The van der Waals surface area contributed by atoms with Crippen LogP contribution in [0.3, 0.4) is 0 Å². The van der Waals surface area contributed by atoms with Crippen molar-refractivity contribution in [1.82, 2.24) is 14.5 Å². The van der Waals surface area contributed by atoms with E-state index >= 15 is 0 Å². The average molecular weight is 190 g/mol. The van der Waals surface area contributed by atoms with Gasteiger partial charge in [0, 0.05) is 24.2 Å². The van der Waals surface area contributed by atoms with Crippen molar-refractivity contribution in [3.8, 4) is 0 Å². The van der Waals surface area contributed by atoms with Crippen LogP contribution in [0.5, 0.6) is 0 Å². The summed E-state index contributed by atoms with van der Waals surface area (Å²) in [4.78, 5) is 19.3. The second kappa shape index (κ2) is 3.10. The Hall–Kier alpha value is -1.91. The van der Waals surface area contributed by atoms with Crippen LogP contribution in [0.4, 0.5) is 5.95 Å². The van der Waals surface area contributed by atoms with Crippen LogP contribution < -0.4 is 11.3 Å². The number of aryl methyl sites for hydroxylation is 1. The number of anilines is 1. The first-order chi connectivity index (χ1) is 6.72. The van der Waals surface area contributed by atoms with E-state index < -0.39 is 0 Å². The minimum Gasteiger partial charge on any atom is -0.368 e. The lowest BCUT2D eigenvalue weighted by molar-refractivity contribution is 0.749. The largest absolute Gasteiger partial charge is 0.368 e. The number of hydrogen-bond donors (Lipinski definition) is 1. The van der Waals surface area contributed by atoms with Gasteiger partial charge in [-0.15, -0.1) is 0 Å². The number of nitrogens with two attached hydrogens (primary N) is 1. The van der Waals surface area contributed by atoms with Gasteiger partial charge in [-0.25, -0.2) is 4.98 Å². The molecule has 0 aliphatic heterocycles. The molecule has 0 atom stereocenters. The number of rotatable bonds is 1. The van der Waals surface area contributed by atoms with Crippen LogP contribution >= 0.6 is 0 Å². The van der Waals surface area contributed by atoms with Crippen molar-refractivity contribution in [2.75, 3.05) is 5.73 Å². The zero-order valence-electron chi connectivity index (χ0n) is 7.77. The van der Waals surface area contributed by atoms with E-state index in [2.05, 4.69) is 9.97 Å². The van der Waals surface area contributed by atoms with E-state index in [1.807, 2.05) is 6.92 Å². The Labute approximate surface area is 80.2 Å². The number of nitrogen functional groups attached to an aromatic ring is 1. The maximum Gasteiger partial charge on any atom is 0.252 e. The highest BCUT2D eigenvalue weighted by molar-refractivity contribution is 5.74. The lowest BCUT2D eigenvalue weighted by atomic mass is 10.3. The Kier molecular flexibility index (Phi) is 1.92. The van der Waals surface area contributed by atoms with Crippen LogP contribution in [0.25, 0.3) is 11.0 Å². The molecule has 0 amide bonds. The van der Waals surface area contributed by atoms with Gasteiger partial charge in [0.25, 0.3) is 5.56 Å². The number of hydrogen-bond acceptors (Lipinski definition) is 4. The molecule has 0 saturated carbocycles. The minimum atomic E-state index is -0.0712. The molecule has 72 valence electrons. The maximum atomic E-state index is 11.4. The molecule has 5 heteroatoms. The van der Waals surface area contributed by atoms with Crippen molar-refractivity contribution in [2.24, 2.45) is 0 Å². The lowest BCUT2D eigenvalue weighted by Gasteiger charge is -2.05. The second-order valence-electron chi connectivity index (χ2n) is 2.92. The van der Waals surface area contributed by atoms with Crippen molar-refractivity contribution in [1.29, 1.82) is 0 Å². The molecule has 0 aromatic carbocycles. The third kappa shape index (κ3) is 1.22. The predicted molar refractivity (Wildman–Crippen MR) is 53.9 cm³/mol. The van der Waals surface area contributed by atoms with Crippen molar-refractivity contribution < 1.29 is 0 Å². The van der Waals surface area contributed by atoms with Gasteiger partial charge >= 0.3 is 0 Å². The first-order valence-electron chi connectivity index (χ1n) is 4.34. The highest BCUT2D eigenvalue weighted by Gasteiger charge is 2.02. The summed E-state index contributed by atoms with van der Waals surface area (Å²) in [5.41, 5.74) is 5.98. The molecule has 0 spiro atoms. The van der Waals surface area contributed by atoms with Crippen LogP contribution in [-0.4, -0.2) is 14.5 Å². The molecule has 2 rings (SSSR count). The van der Waals surface area contributed by atoms with Crippen molar-refractivity contribution in [3.63, 3.8) is 0 Å². The lowest BCUT2D eigenvalue weighted by Crippen LogP contribution is -2.19. The molecule has 0 fully saturated rings. The first kappa shape index (κ1) is 8.68. The van der Waals surface area contributed by atoms with Crippen LogP contribution in [-0.2, 0) is 6.54 Å². The zero-order chi connectivity index (χ0) is 10.1. The number of fused-ring (bicyclic) bond motifs is 1. The topological polar surface area (TPSA) is 73.8 Å². The quantitative estimate of drug-likeness (QED) is 0.706. The third-order valence-electron chi connectivity index (χ3n) is 2.06. The summed E-state index contributed by atoms with van der Waals surface area (Å²) in [5.74, 6) is 0.185. The summed E-state index contributed by atoms with van der Waals surface area (Å²) >= 11 is 0. The van der Waals surface area contributed by atoms with E-state index in [1.165, 1.54) is 6.07 Å². The summed E-state index contributed by atoms with van der Waals surface area (Å²) < 4.78 is 1.56. The smallest absolute Gasteiger partial charge is 0.252 e. The average Bonchev–Trinajstić information content (AvgIpc) is 2.17. The van der Waals surface area contributed by atoms with Gasteiger partial charge in [-0.3, -0.25) is 9.36 Å². The predicted octanol–water partition coefficient (Wildman–Crippen LogP) is 0.394. The standard InChI is InChI=1S/C9H10N4O/c1-2-13-7(14)4-3-6-5-11-9(10)12-8(6)13/h3-5H,2H2,1H3,(H2,10,11,12). The van der Waals surface area contributed by atoms with Crippen molar-refractivity contribution in [2.45, 2.75) is 13.5 Å². The van der Waals surface area contributed by atoms with Gasteiger partial charge < -0.3 is 5.73 Å². The number of nitrogens with zero attached hydrogens (tertiary/aromatic N) is 3. The second-order valence-corrected chi connectivity index (χ2v) is 2.92. The Bertz CT molecular complexity index is 532. The fourth-order valence-corrected chi connectivity index (χ4v) is 1.39. The molecule has 0 aliphatic carbocycles. The minimum absolute atomic E-state index is 0.0712. The fourth-order valence-electron chi connectivity index (χ4n) is 1.39. The zero-order valence-corrected chi connectivity index (χ0v) is 7.77. The molecule has 5 nitrogen and oxygen atoms in total. The number of pyridine rings is 1. The monoisotopic (exact) mass is 190 g/mol. The molecule has 0 bridgehead atoms. The molecule has 0 unspecified atom stereocenters. The number of aromatic nitrogens is 3. The van der Waals surface area contributed by atoms with Gasteiger partial charge in [0.15, 0.2) is 0 Å². The van der Waals surface area contributed by atoms with Gasteiger partial charge in [-0.05, 0) is 13.0 Å². The van der Waals surface area contributed by atoms with Gasteiger partial charge in [0.1, 0.15) is 5.65 Å². The summed E-state index contributed by atoms with van der Waals surface area (Å²) in [6.45, 7) is 2.46. The molecule has 2 aromatic heterocycles. The molecule has 2 N–H and O–H groups in total. The Balaban J connectivity index is 2.91. The Morgan fingerprint density at radius 1 is 1.50 bits per heavy atom. The summed E-state index contributed by atoms with van der Waals surface area (Å²) in [6, 6.07) is 3.20. The van der Waals surface area contributed by atoms with Gasteiger partial charge in [0.05, 0.1) is 0 Å². The van der Waals surface area contributed by atoms with Crippen molar-refractivity contribution in [3.05, 3.63) is 28.7 Å². The van der Waals surface area contributed by atoms with Gasteiger partial charge in [-0.1, -0.05) is 0 Å². The molecule has 0 saturated heterocycles. The van der Waals surface area contributed by atoms with Crippen LogP contribution in [0.2, 0.25) is 0 Å². The summed E-state index contributed by atoms with van der Waals surface area (Å²) in [5, 5.41) is 0.820. The summed E-state index contributed by atoms with van der Waals surface area (Å²) in [7, 11) is 0. The van der Waals surface area contributed by atoms with Crippen LogP contribution in [0.1, 0.15) is 6.92 Å². The van der Waals surface area contributed by atoms with E-state index in [-0.39, 0.29) is 11.5 Å². The highest BCUT2D eigenvalue weighted by Crippen LogP contribution is 2.08. The molecule has 0 aliphatic rings. The molecule has 0 radical (unpaired) electrons. The summed E-state index contributed by atoms with van der Waals surface area (Å²) in [6.07, 6.45) is 1.61. The molecule has 14 heavy (non-hydrogen) atoms. The molecular formula is C9H10N4O. The maximum absolute atomic E-state index is 11.4. The first-order valence-corrected chi connectivity index (χ1v) is 4.34. The normalized spacial score (nSPS) is 10.6. The van der Waals surface area contributed by atoms with Crippen LogP contribution in [0.15, 0.2) is 23.1 Å². The fraction of sp³-hybridized carbons (Fsp3) is 0.222. The van der Waals surface area contributed by atoms with Gasteiger partial charge in [0.2, 0.25) is 5.95 Å².